The molecule has 0 amide bonds. The van der Waals surface area contributed by atoms with Crippen molar-refractivity contribution < 1.29 is 9.13 Å². The van der Waals surface area contributed by atoms with E-state index in [0.717, 1.165) is 17.7 Å². The van der Waals surface area contributed by atoms with Crippen LogP contribution in [0, 0.1) is 5.82 Å². The maximum Gasteiger partial charge on any atom is 0.123 e. The summed E-state index contributed by atoms with van der Waals surface area (Å²) < 4.78 is 18.5. The number of halogens is 1. The van der Waals surface area contributed by atoms with Crippen LogP contribution in [0.2, 0.25) is 0 Å². The third-order valence-electron chi connectivity index (χ3n) is 2.26. The van der Waals surface area contributed by atoms with Gasteiger partial charge in [0.1, 0.15) is 11.6 Å². The van der Waals surface area contributed by atoms with E-state index in [4.69, 9.17) is 4.74 Å². The summed E-state index contributed by atoms with van der Waals surface area (Å²) in [6.45, 7) is 9.82. The summed E-state index contributed by atoms with van der Waals surface area (Å²) >= 11 is 0. The highest BCUT2D eigenvalue weighted by atomic mass is 19.1. The van der Waals surface area contributed by atoms with E-state index in [9.17, 15) is 4.39 Å². The Hall–Kier alpha value is -1.35. The van der Waals surface area contributed by atoms with Crippen LogP contribution in [0.5, 0.6) is 0 Å². The molecule has 88 valence electrons. The van der Waals surface area contributed by atoms with Crippen molar-refractivity contribution in [3.05, 3.63) is 41.7 Å². The molecule has 2 nitrogen and oxygen atoms in total. The molecule has 0 saturated carbocycles. The lowest BCUT2D eigenvalue weighted by atomic mass is 10.1. The van der Waals surface area contributed by atoms with Gasteiger partial charge in [-0.3, -0.25) is 0 Å². The lowest BCUT2D eigenvalue weighted by Crippen LogP contribution is -2.13. The molecule has 0 atom stereocenters. The van der Waals surface area contributed by atoms with E-state index in [1.807, 2.05) is 13.8 Å². The number of rotatable bonds is 6. The van der Waals surface area contributed by atoms with Crippen LogP contribution < -0.4 is 5.32 Å². The first-order valence-corrected chi connectivity index (χ1v) is 5.50. The fourth-order valence-electron chi connectivity index (χ4n) is 1.47. The predicted octanol–water partition coefficient (Wildman–Crippen LogP) is 2.94. The van der Waals surface area contributed by atoms with Crippen molar-refractivity contribution in [2.45, 2.75) is 20.4 Å². The Labute approximate surface area is 96.1 Å². The van der Waals surface area contributed by atoms with E-state index < -0.39 is 0 Å². The standard InChI is InChI=1S/C13H18FNO/c1-4-15-9-11-6-7-12(14)8-13(11)10(3)16-5-2/h6-8,15H,3-5,9H2,1-2H3. The second kappa shape index (κ2) is 6.28. The van der Waals surface area contributed by atoms with Crippen molar-refractivity contribution in [3.63, 3.8) is 0 Å². The first kappa shape index (κ1) is 12.7. The molecule has 0 heterocycles. The molecule has 0 aliphatic heterocycles. The SMILES string of the molecule is C=C(OCC)c1cc(F)ccc1CNCC. The average Bonchev–Trinajstić information content (AvgIpc) is 2.27. The number of hydrogen-bond donors (Lipinski definition) is 1. The summed E-state index contributed by atoms with van der Waals surface area (Å²) in [6, 6.07) is 4.68. The molecule has 1 aromatic carbocycles. The zero-order valence-corrected chi connectivity index (χ0v) is 9.85. The van der Waals surface area contributed by atoms with Crippen LogP contribution in [-0.4, -0.2) is 13.2 Å². The largest absolute Gasteiger partial charge is 0.494 e. The Morgan fingerprint density at radius 1 is 1.44 bits per heavy atom. The molecular weight excluding hydrogens is 205 g/mol. The molecule has 0 radical (unpaired) electrons. The highest BCUT2D eigenvalue weighted by molar-refractivity contribution is 5.61. The molecule has 0 unspecified atom stereocenters. The maximum absolute atomic E-state index is 13.2. The van der Waals surface area contributed by atoms with Gasteiger partial charge in [0.25, 0.3) is 0 Å². The Balaban J connectivity index is 2.93. The van der Waals surface area contributed by atoms with Gasteiger partial charge in [0.05, 0.1) is 6.61 Å². The molecule has 1 aromatic rings. The monoisotopic (exact) mass is 223 g/mol. The van der Waals surface area contributed by atoms with Gasteiger partial charge in [0.2, 0.25) is 0 Å². The number of nitrogens with one attached hydrogen (secondary N) is 1. The summed E-state index contributed by atoms with van der Waals surface area (Å²) in [7, 11) is 0. The van der Waals surface area contributed by atoms with E-state index in [1.165, 1.54) is 12.1 Å². The van der Waals surface area contributed by atoms with Gasteiger partial charge in [0.15, 0.2) is 0 Å². The van der Waals surface area contributed by atoms with E-state index in [-0.39, 0.29) is 5.82 Å². The summed E-state index contributed by atoms with van der Waals surface area (Å²) in [5.41, 5.74) is 1.74. The van der Waals surface area contributed by atoms with Crippen molar-refractivity contribution in [2.24, 2.45) is 0 Å². The lowest BCUT2D eigenvalue weighted by Gasteiger charge is -2.12. The predicted molar refractivity (Wildman–Crippen MR) is 64.4 cm³/mol. The van der Waals surface area contributed by atoms with Gasteiger partial charge in [-0.05, 0) is 31.2 Å². The molecule has 0 bridgehead atoms. The molecule has 1 N–H and O–H groups in total. The van der Waals surface area contributed by atoms with Crippen LogP contribution in [0.4, 0.5) is 4.39 Å². The van der Waals surface area contributed by atoms with Crippen molar-refractivity contribution in [3.8, 4) is 0 Å². The molecule has 0 spiro atoms. The summed E-state index contributed by atoms with van der Waals surface area (Å²) in [5, 5.41) is 3.20. The molecule has 0 fully saturated rings. The quantitative estimate of drug-likeness (QED) is 0.749. The zero-order chi connectivity index (χ0) is 12.0. The molecule has 0 aromatic heterocycles. The third-order valence-corrected chi connectivity index (χ3v) is 2.26. The van der Waals surface area contributed by atoms with Gasteiger partial charge in [0, 0.05) is 12.1 Å². The summed E-state index contributed by atoms with van der Waals surface area (Å²) in [6.07, 6.45) is 0. The zero-order valence-electron chi connectivity index (χ0n) is 9.85. The van der Waals surface area contributed by atoms with E-state index in [0.29, 0.717) is 18.9 Å². The number of ether oxygens (including phenoxy) is 1. The molecule has 3 heteroatoms. The van der Waals surface area contributed by atoms with Crippen molar-refractivity contribution in [1.82, 2.24) is 5.32 Å². The normalized spacial score (nSPS) is 10.2. The van der Waals surface area contributed by atoms with Crippen LogP contribution in [0.1, 0.15) is 25.0 Å². The van der Waals surface area contributed by atoms with E-state index in [2.05, 4.69) is 11.9 Å². The Morgan fingerprint density at radius 2 is 2.19 bits per heavy atom. The maximum atomic E-state index is 13.2. The van der Waals surface area contributed by atoms with Crippen molar-refractivity contribution in [2.75, 3.05) is 13.2 Å². The van der Waals surface area contributed by atoms with Gasteiger partial charge in [-0.2, -0.15) is 0 Å². The molecule has 16 heavy (non-hydrogen) atoms. The van der Waals surface area contributed by atoms with Gasteiger partial charge < -0.3 is 10.1 Å². The third kappa shape index (κ3) is 3.35. The number of benzene rings is 1. The summed E-state index contributed by atoms with van der Waals surface area (Å²) in [5.74, 6) is 0.256. The first-order chi connectivity index (χ1) is 7.69. The topological polar surface area (TPSA) is 21.3 Å². The minimum Gasteiger partial charge on any atom is -0.494 e. The lowest BCUT2D eigenvalue weighted by molar-refractivity contribution is 0.298. The Kier molecular flexibility index (Phi) is 4.99. The van der Waals surface area contributed by atoms with Crippen LogP contribution in [0.25, 0.3) is 5.76 Å². The molecule has 0 aliphatic carbocycles. The van der Waals surface area contributed by atoms with Crippen LogP contribution in [-0.2, 0) is 11.3 Å². The fraction of sp³-hybridized carbons (Fsp3) is 0.385. The molecular formula is C13H18FNO. The van der Waals surface area contributed by atoms with Gasteiger partial charge in [-0.15, -0.1) is 0 Å². The van der Waals surface area contributed by atoms with Gasteiger partial charge >= 0.3 is 0 Å². The van der Waals surface area contributed by atoms with E-state index in [1.54, 1.807) is 6.07 Å². The van der Waals surface area contributed by atoms with Crippen LogP contribution in [0.3, 0.4) is 0 Å². The second-order valence-corrected chi connectivity index (χ2v) is 3.44. The minimum absolute atomic E-state index is 0.267. The molecule has 0 aliphatic rings. The molecule has 1 rings (SSSR count). The highest BCUT2D eigenvalue weighted by Gasteiger charge is 2.08. The minimum atomic E-state index is -0.267. The molecule has 0 saturated heterocycles. The number of hydrogen-bond acceptors (Lipinski definition) is 2. The Bertz CT molecular complexity index is 363. The van der Waals surface area contributed by atoms with Gasteiger partial charge in [-0.25, -0.2) is 4.39 Å². The first-order valence-electron chi connectivity index (χ1n) is 5.50. The fourth-order valence-corrected chi connectivity index (χ4v) is 1.47. The second-order valence-electron chi connectivity index (χ2n) is 3.44. The smallest absolute Gasteiger partial charge is 0.123 e. The van der Waals surface area contributed by atoms with Crippen molar-refractivity contribution >= 4 is 5.76 Å². The summed E-state index contributed by atoms with van der Waals surface area (Å²) in [4.78, 5) is 0. The van der Waals surface area contributed by atoms with Crippen LogP contribution in [0.15, 0.2) is 24.8 Å². The average molecular weight is 223 g/mol. The highest BCUT2D eigenvalue weighted by Crippen LogP contribution is 2.20. The van der Waals surface area contributed by atoms with Crippen molar-refractivity contribution in [1.29, 1.82) is 0 Å². The van der Waals surface area contributed by atoms with Crippen LogP contribution >= 0.6 is 0 Å². The Morgan fingerprint density at radius 3 is 2.81 bits per heavy atom. The van der Waals surface area contributed by atoms with E-state index >= 15 is 0 Å². The van der Waals surface area contributed by atoms with Gasteiger partial charge in [-0.1, -0.05) is 19.6 Å².